The second-order valence-electron chi connectivity index (χ2n) is 3.84. The lowest BCUT2D eigenvalue weighted by atomic mass is 10.1. The SMILES string of the molecule is CCS(=O)(=O)[C@](C)(Br)[C@H](O)c1ccc(Br)cc1. The van der Waals surface area contributed by atoms with Gasteiger partial charge in [-0.2, -0.15) is 0 Å². The maximum absolute atomic E-state index is 11.9. The van der Waals surface area contributed by atoms with Crippen molar-refractivity contribution >= 4 is 41.7 Å². The molecule has 0 unspecified atom stereocenters. The minimum atomic E-state index is -3.40. The molecule has 0 aliphatic rings. The molecule has 2 atom stereocenters. The number of aliphatic hydroxyl groups excluding tert-OH is 1. The van der Waals surface area contributed by atoms with Crippen molar-refractivity contribution in [2.75, 3.05) is 5.75 Å². The summed E-state index contributed by atoms with van der Waals surface area (Å²) in [4.78, 5) is 0. The Kier molecular flexibility index (Phi) is 4.80. The normalized spacial score (nSPS) is 17.5. The predicted octanol–water partition coefficient (Wildman–Crippen LogP) is 3.03. The van der Waals surface area contributed by atoms with Gasteiger partial charge in [-0.05, 0) is 24.6 Å². The van der Waals surface area contributed by atoms with Crippen molar-refractivity contribution in [2.24, 2.45) is 0 Å². The minimum absolute atomic E-state index is 0.0255. The fraction of sp³-hybridized carbons (Fsp3) is 0.455. The molecule has 0 radical (unpaired) electrons. The van der Waals surface area contributed by atoms with Crippen LogP contribution in [0.2, 0.25) is 0 Å². The third kappa shape index (κ3) is 3.10. The first-order chi connectivity index (χ1) is 7.72. The van der Waals surface area contributed by atoms with Gasteiger partial charge in [0.2, 0.25) is 0 Å². The first-order valence-corrected chi connectivity index (χ1v) is 8.31. The van der Waals surface area contributed by atoms with Gasteiger partial charge in [0.15, 0.2) is 13.5 Å². The molecule has 3 nitrogen and oxygen atoms in total. The van der Waals surface area contributed by atoms with E-state index >= 15 is 0 Å². The smallest absolute Gasteiger partial charge is 0.168 e. The third-order valence-electron chi connectivity index (χ3n) is 2.66. The summed E-state index contributed by atoms with van der Waals surface area (Å²) < 4.78 is 23.3. The number of hydrogen-bond donors (Lipinski definition) is 1. The lowest BCUT2D eigenvalue weighted by Gasteiger charge is -2.28. The van der Waals surface area contributed by atoms with E-state index in [4.69, 9.17) is 0 Å². The van der Waals surface area contributed by atoms with Gasteiger partial charge in [-0.1, -0.05) is 50.9 Å². The Bertz CT molecular complexity index is 480. The molecule has 17 heavy (non-hydrogen) atoms. The Morgan fingerprint density at radius 3 is 2.24 bits per heavy atom. The van der Waals surface area contributed by atoms with Gasteiger partial charge in [0.25, 0.3) is 0 Å². The van der Waals surface area contributed by atoms with E-state index in [1.807, 2.05) is 0 Å². The van der Waals surface area contributed by atoms with E-state index in [2.05, 4.69) is 31.9 Å². The van der Waals surface area contributed by atoms with Crippen LogP contribution in [0.1, 0.15) is 25.5 Å². The number of alkyl halides is 1. The van der Waals surface area contributed by atoms with Crippen molar-refractivity contribution in [3.63, 3.8) is 0 Å². The standard InChI is InChI=1S/C11H14Br2O3S/c1-3-17(15,16)11(2,13)10(14)8-4-6-9(12)7-5-8/h4-7,10,14H,3H2,1-2H3/t10-,11+/m1/s1. The molecule has 96 valence electrons. The van der Waals surface area contributed by atoms with Crippen molar-refractivity contribution in [3.05, 3.63) is 34.3 Å². The van der Waals surface area contributed by atoms with E-state index in [1.165, 1.54) is 6.92 Å². The van der Waals surface area contributed by atoms with Gasteiger partial charge in [0, 0.05) is 10.2 Å². The van der Waals surface area contributed by atoms with Gasteiger partial charge in [-0.15, -0.1) is 0 Å². The Balaban J connectivity index is 3.12. The minimum Gasteiger partial charge on any atom is -0.386 e. The number of halogens is 2. The van der Waals surface area contributed by atoms with Crippen LogP contribution in [0.3, 0.4) is 0 Å². The van der Waals surface area contributed by atoms with E-state index in [0.717, 1.165) is 4.47 Å². The fourth-order valence-electron chi connectivity index (χ4n) is 1.40. The van der Waals surface area contributed by atoms with Crippen molar-refractivity contribution < 1.29 is 13.5 Å². The van der Waals surface area contributed by atoms with Crippen molar-refractivity contribution in [3.8, 4) is 0 Å². The van der Waals surface area contributed by atoms with Crippen LogP contribution in [0.15, 0.2) is 28.7 Å². The van der Waals surface area contributed by atoms with Crippen molar-refractivity contribution in [1.82, 2.24) is 0 Å². The summed E-state index contributed by atoms with van der Waals surface area (Å²) in [6, 6.07) is 6.92. The third-order valence-corrected chi connectivity index (χ3v) is 7.30. The highest BCUT2D eigenvalue weighted by atomic mass is 79.9. The van der Waals surface area contributed by atoms with Crippen LogP contribution in [0.25, 0.3) is 0 Å². The molecule has 1 aromatic carbocycles. The maximum Gasteiger partial charge on any atom is 0.168 e. The van der Waals surface area contributed by atoms with Gasteiger partial charge >= 0.3 is 0 Å². The monoisotopic (exact) mass is 384 g/mol. The quantitative estimate of drug-likeness (QED) is 0.810. The summed E-state index contributed by atoms with van der Waals surface area (Å²) in [5.74, 6) is -0.0255. The van der Waals surface area contributed by atoms with E-state index in [1.54, 1.807) is 31.2 Å². The number of benzene rings is 1. The van der Waals surface area contributed by atoms with Crippen LogP contribution in [0.4, 0.5) is 0 Å². The van der Waals surface area contributed by atoms with E-state index < -0.39 is 19.6 Å². The Hall–Kier alpha value is 0.0900. The Labute approximate surface area is 118 Å². The molecule has 1 aromatic rings. The fourth-order valence-corrected chi connectivity index (χ4v) is 3.65. The van der Waals surface area contributed by atoms with Gasteiger partial charge in [-0.3, -0.25) is 0 Å². The van der Waals surface area contributed by atoms with Crippen LogP contribution in [-0.4, -0.2) is 22.9 Å². The molecule has 0 heterocycles. The molecule has 0 spiro atoms. The zero-order valence-electron chi connectivity index (χ0n) is 9.52. The van der Waals surface area contributed by atoms with E-state index in [0.29, 0.717) is 5.56 Å². The van der Waals surface area contributed by atoms with Crippen LogP contribution in [0.5, 0.6) is 0 Å². The molecule has 0 bridgehead atoms. The summed E-state index contributed by atoms with van der Waals surface area (Å²) in [7, 11) is -3.40. The summed E-state index contributed by atoms with van der Waals surface area (Å²) in [6.45, 7) is 3.03. The molecule has 0 fully saturated rings. The molecule has 0 amide bonds. The Morgan fingerprint density at radius 2 is 1.82 bits per heavy atom. The summed E-state index contributed by atoms with van der Waals surface area (Å²) >= 11 is 6.42. The lowest BCUT2D eigenvalue weighted by molar-refractivity contribution is 0.167. The number of rotatable bonds is 4. The summed E-state index contributed by atoms with van der Waals surface area (Å²) in [5, 5.41) is 10.2. The molecule has 6 heteroatoms. The summed E-state index contributed by atoms with van der Waals surface area (Å²) in [6.07, 6.45) is -1.11. The lowest BCUT2D eigenvalue weighted by Crippen LogP contribution is -2.36. The number of sulfone groups is 1. The molecule has 1 N–H and O–H groups in total. The molecule has 0 saturated carbocycles. The van der Waals surface area contributed by atoms with E-state index in [-0.39, 0.29) is 5.75 Å². The number of hydrogen-bond acceptors (Lipinski definition) is 3. The van der Waals surface area contributed by atoms with Gasteiger partial charge in [0.1, 0.15) is 6.10 Å². The van der Waals surface area contributed by atoms with Crippen LogP contribution < -0.4 is 0 Å². The second kappa shape index (κ2) is 5.38. The van der Waals surface area contributed by atoms with Crippen molar-refractivity contribution in [2.45, 2.75) is 23.6 Å². The molecule has 0 aliphatic carbocycles. The predicted molar refractivity (Wildman–Crippen MR) is 75.9 cm³/mol. The second-order valence-corrected chi connectivity index (χ2v) is 9.59. The average Bonchev–Trinajstić information content (AvgIpc) is 2.28. The first-order valence-electron chi connectivity index (χ1n) is 5.07. The molecule has 0 saturated heterocycles. The topological polar surface area (TPSA) is 54.4 Å². The maximum atomic E-state index is 11.9. The van der Waals surface area contributed by atoms with Crippen LogP contribution >= 0.6 is 31.9 Å². The van der Waals surface area contributed by atoms with Crippen molar-refractivity contribution in [1.29, 1.82) is 0 Å². The zero-order valence-corrected chi connectivity index (χ0v) is 13.5. The van der Waals surface area contributed by atoms with Gasteiger partial charge < -0.3 is 5.11 Å². The summed E-state index contributed by atoms with van der Waals surface area (Å²) in [5.41, 5.74) is 0.560. The van der Waals surface area contributed by atoms with Crippen LogP contribution in [-0.2, 0) is 9.84 Å². The molecule has 0 aliphatic heterocycles. The Morgan fingerprint density at radius 1 is 1.35 bits per heavy atom. The zero-order chi connectivity index (χ0) is 13.3. The highest BCUT2D eigenvalue weighted by Gasteiger charge is 2.42. The largest absolute Gasteiger partial charge is 0.386 e. The molecular formula is C11H14Br2O3S. The first kappa shape index (κ1) is 15.1. The molecule has 1 rings (SSSR count). The van der Waals surface area contributed by atoms with Crippen LogP contribution in [0, 0.1) is 0 Å². The highest BCUT2D eigenvalue weighted by molar-refractivity contribution is 9.11. The molecule has 0 aromatic heterocycles. The van der Waals surface area contributed by atoms with Gasteiger partial charge in [-0.25, -0.2) is 8.42 Å². The highest BCUT2D eigenvalue weighted by Crippen LogP contribution is 2.39. The van der Waals surface area contributed by atoms with E-state index in [9.17, 15) is 13.5 Å². The number of aliphatic hydroxyl groups is 1. The van der Waals surface area contributed by atoms with Gasteiger partial charge in [0.05, 0.1) is 0 Å². The average molecular weight is 386 g/mol. The molecular weight excluding hydrogens is 372 g/mol.